The van der Waals surface area contributed by atoms with E-state index in [0.717, 1.165) is 41.2 Å². The first-order valence-electron chi connectivity index (χ1n) is 7.66. The summed E-state index contributed by atoms with van der Waals surface area (Å²) in [5.74, 6) is 0.720. The Kier molecular flexibility index (Phi) is 4.86. The van der Waals surface area contributed by atoms with Crippen LogP contribution < -0.4 is 4.74 Å². The number of nitrogens with zero attached hydrogens (tertiary/aromatic N) is 1. The first kappa shape index (κ1) is 15.9. The fraction of sp³-hybridized carbons (Fsp3) is 0.278. The summed E-state index contributed by atoms with van der Waals surface area (Å²) in [6.45, 7) is 0. The van der Waals surface area contributed by atoms with E-state index in [9.17, 15) is 5.11 Å². The van der Waals surface area contributed by atoms with Crippen molar-refractivity contribution >= 4 is 27.0 Å². The van der Waals surface area contributed by atoms with Crippen molar-refractivity contribution in [2.75, 3.05) is 7.11 Å². The molecule has 0 aliphatic carbocycles. The summed E-state index contributed by atoms with van der Waals surface area (Å²) < 4.78 is 6.26. The van der Waals surface area contributed by atoms with Crippen molar-refractivity contribution in [3.63, 3.8) is 0 Å². The summed E-state index contributed by atoms with van der Waals surface area (Å²) in [7, 11) is 1.57. The second kappa shape index (κ2) is 7.04. The Labute approximate surface area is 143 Å². The van der Waals surface area contributed by atoms with Crippen LogP contribution in [-0.2, 0) is 12.8 Å². The zero-order valence-corrected chi connectivity index (χ0v) is 14.6. The van der Waals surface area contributed by atoms with Gasteiger partial charge in [0.15, 0.2) is 11.5 Å². The maximum absolute atomic E-state index is 9.61. The number of benzene rings is 1. The third-order valence-electron chi connectivity index (χ3n) is 3.96. The van der Waals surface area contributed by atoms with Gasteiger partial charge in [0.2, 0.25) is 0 Å². The minimum absolute atomic E-state index is 0.186. The molecule has 0 unspecified atom stereocenters. The number of hydrogen-bond donors (Lipinski definition) is 2. The minimum Gasteiger partial charge on any atom is -0.504 e. The molecule has 0 radical (unpaired) electrons. The Morgan fingerprint density at radius 1 is 1.22 bits per heavy atom. The number of aryl methyl sites for hydroxylation is 2. The fourth-order valence-corrected chi connectivity index (χ4v) is 3.34. The van der Waals surface area contributed by atoms with Crippen LogP contribution in [0.4, 0.5) is 0 Å². The van der Waals surface area contributed by atoms with Crippen LogP contribution in [0.3, 0.4) is 0 Å². The Bertz CT molecular complexity index is 814. The van der Waals surface area contributed by atoms with Gasteiger partial charge in [-0.05, 0) is 71.4 Å². The molecule has 0 saturated carbocycles. The highest BCUT2D eigenvalue weighted by molar-refractivity contribution is 9.10. The van der Waals surface area contributed by atoms with E-state index in [-0.39, 0.29) is 5.75 Å². The molecule has 4 nitrogen and oxygen atoms in total. The van der Waals surface area contributed by atoms with Gasteiger partial charge >= 0.3 is 0 Å². The standard InChI is InChI=1S/C18H19BrN2O2/c1-23-16-11-12(8-9-15(16)22)5-2-3-7-14-17(19)13-6-4-10-20-18(13)21-14/h4,6,8-11,22H,2-3,5,7H2,1H3,(H,20,21). The van der Waals surface area contributed by atoms with E-state index >= 15 is 0 Å². The molecule has 0 aliphatic rings. The van der Waals surface area contributed by atoms with Crippen molar-refractivity contribution in [1.29, 1.82) is 0 Å². The van der Waals surface area contributed by atoms with Crippen molar-refractivity contribution in [3.05, 3.63) is 52.3 Å². The quantitative estimate of drug-likeness (QED) is 0.619. The van der Waals surface area contributed by atoms with E-state index in [2.05, 4.69) is 32.0 Å². The van der Waals surface area contributed by atoms with E-state index in [4.69, 9.17) is 4.74 Å². The molecule has 3 aromatic rings. The van der Waals surface area contributed by atoms with Gasteiger partial charge in [0.05, 0.1) is 7.11 Å². The number of nitrogens with one attached hydrogen (secondary N) is 1. The second-order valence-corrected chi connectivity index (χ2v) is 6.32. The molecule has 0 spiro atoms. The lowest BCUT2D eigenvalue weighted by molar-refractivity contribution is 0.373. The number of halogens is 1. The van der Waals surface area contributed by atoms with Crippen LogP contribution in [0.2, 0.25) is 0 Å². The molecule has 2 heterocycles. The van der Waals surface area contributed by atoms with Gasteiger partial charge in [-0.2, -0.15) is 0 Å². The number of aromatic hydroxyl groups is 1. The minimum atomic E-state index is 0.186. The molecule has 3 rings (SSSR count). The Morgan fingerprint density at radius 3 is 2.83 bits per heavy atom. The summed E-state index contributed by atoms with van der Waals surface area (Å²) in [6, 6.07) is 9.55. The lowest BCUT2D eigenvalue weighted by atomic mass is 10.1. The highest BCUT2D eigenvalue weighted by atomic mass is 79.9. The van der Waals surface area contributed by atoms with Crippen molar-refractivity contribution < 1.29 is 9.84 Å². The molecular formula is C18H19BrN2O2. The molecule has 23 heavy (non-hydrogen) atoms. The SMILES string of the molecule is COc1cc(CCCCc2[nH]c3ncccc3c2Br)ccc1O. The average Bonchev–Trinajstić information content (AvgIpc) is 2.89. The number of fused-ring (bicyclic) bond motifs is 1. The van der Waals surface area contributed by atoms with Crippen molar-refractivity contribution in [2.45, 2.75) is 25.7 Å². The normalized spacial score (nSPS) is 11.0. The van der Waals surface area contributed by atoms with E-state index in [0.29, 0.717) is 5.75 Å². The smallest absolute Gasteiger partial charge is 0.160 e. The van der Waals surface area contributed by atoms with E-state index in [1.807, 2.05) is 18.2 Å². The monoisotopic (exact) mass is 374 g/mol. The molecule has 5 heteroatoms. The summed E-state index contributed by atoms with van der Waals surface area (Å²) in [5, 5.41) is 10.7. The maximum Gasteiger partial charge on any atom is 0.160 e. The summed E-state index contributed by atoms with van der Waals surface area (Å²) in [6.07, 6.45) is 5.89. The van der Waals surface area contributed by atoms with Gasteiger partial charge in [-0.15, -0.1) is 0 Å². The van der Waals surface area contributed by atoms with Crippen LogP contribution in [0.1, 0.15) is 24.1 Å². The third kappa shape index (κ3) is 3.50. The molecule has 0 amide bonds. The van der Waals surface area contributed by atoms with Gasteiger partial charge in [-0.3, -0.25) is 0 Å². The molecule has 0 atom stereocenters. The fourth-order valence-electron chi connectivity index (χ4n) is 2.72. The molecule has 0 saturated heterocycles. The van der Waals surface area contributed by atoms with Crippen molar-refractivity contribution in [2.24, 2.45) is 0 Å². The topological polar surface area (TPSA) is 58.1 Å². The van der Waals surface area contributed by atoms with Crippen LogP contribution in [0.25, 0.3) is 11.0 Å². The van der Waals surface area contributed by atoms with Gasteiger partial charge in [0.1, 0.15) is 5.65 Å². The number of ether oxygens (including phenoxy) is 1. The number of aromatic amines is 1. The summed E-state index contributed by atoms with van der Waals surface area (Å²) in [5.41, 5.74) is 3.30. The Hall–Kier alpha value is -2.01. The number of phenols is 1. The van der Waals surface area contributed by atoms with Gasteiger partial charge in [-0.1, -0.05) is 6.07 Å². The van der Waals surface area contributed by atoms with Crippen molar-refractivity contribution in [1.82, 2.24) is 9.97 Å². The van der Waals surface area contributed by atoms with Gasteiger partial charge in [-0.25, -0.2) is 4.98 Å². The molecule has 0 aliphatic heterocycles. The molecule has 120 valence electrons. The van der Waals surface area contributed by atoms with E-state index in [1.54, 1.807) is 19.4 Å². The van der Waals surface area contributed by atoms with E-state index < -0.39 is 0 Å². The first-order chi connectivity index (χ1) is 11.2. The highest BCUT2D eigenvalue weighted by Crippen LogP contribution is 2.29. The number of H-pyrrole nitrogens is 1. The Balaban J connectivity index is 1.58. The summed E-state index contributed by atoms with van der Waals surface area (Å²) >= 11 is 3.66. The van der Waals surface area contributed by atoms with Gasteiger partial charge < -0.3 is 14.8 Å². The van der Waals surface area contributed by atoms with Crippen LogP contribution >= 0.6 is 15.9 Å². The van der Waals surface area contributed by atoms with Crippen LogP contribution in [0.15, 0.2) is 41.0 Å². The molecule has 1 aromatic carbocycles. The molecule has 0 fully saturated rings. The first-order valence-corrected chi connectivity index (χ1v) is 8.45. The number of hydrogen-bond acceptors (Lipinski definition) is 3. The van der Waals surface area contributed by atoms with Crippen molar-refractivity contribution in [3.8, 4) is 11.5 Å². The number of methoxy groups -OCH3 is 1. The average molecular weight is 375 g/mol. The van der Waals surface area contributed by atoms with Crippen LogP contribution in [0, 0.1) is 0 Å². The molecule has 2 N–H and O–H groups in total. The second-order valence-electron chi connectivity index (χ2n) is 5.53. The number of unbranched alkanes of at least 4 members (excludes halogenated alkanes) is 1. The molecular weight excluding hydrogens is 356 g/mol. The third-order valence-corrected chi connectivity index (χ3v) is 4.87. The highest BCUT2D eigenvalue weighted by Gasteiger charge is 2.09. The van der Waals surface area contributed by atoms with E-state index in [1.165, 1.54) is 11.3 Å². The Morgan fingerprint density at radius 2 is 2.04 bits per heavy atom. The van der Waals surface area contributed by atoms with Gasteiger partial charge in [0, 0.05) is 21.7 Å². The van der Waals surface area contributed by atoms with Crippen LogP contribution in [0.5, 0.6) is 11.5 Å². The maximum atomic E-state index is 9.61. The van der Waals surface area contributed by atoms with Crippen LogP contribution in [-0.4, -0.2) is 22.2 Å². The number of phenolic OH excluding ortho intramolecular Hbond substituents is 1. The van der Waals surface area contributed by atoms with Gasteiger partial charge in [0.25, 0.3) is 0 Å². The lowest BCUT2D eigenvalue weighted by Gasteiger charge is -2.06. The molecule has 2 aromatic heterocycles. The lowest BCUT2D eigenvalue weighted by Crippen LogP contribution is -1.92. The predicted octanol–water partition coefficient (Wildman–Crippen LogP) is 4.61. The number of aromatic nitrogens is 2. The predicted molar refractivity (Wildman–Crippen MR) is 95.1 cm³/mol. The number of pyridine rings is 1. The summed E-state index contributed by atoms with van der Waals surface area (Å²) in [4.78, 5) is 7.72. The molecule has 0 bridgehead atoms. The number of rotatable bonds is 6. The largest absolute Gasteiger partial charge is 0.504 e. The zero-order valence-electron chi connectivity index (χ0n) is 13.0. The zero-order chi connectivity index (χ0) is 16.2.